The van der Waals surface area contributed by atoms with Gasteiger partial charge in [0.2, 0.25) is 0 Å². The molecular formula is C19H22N2O6. The molecule has 0 saturated heterocycles. The SMILES string of the molecule is O=NOC(=O)COc1ccc(CCNCCCOc2ccc(O)cc2)cc1. The van der Waals surface area contributed by atoms with Crippen LogP contribution < -0.4 is 14.8 Å². The third kappa shape index (κ3) is 8.19. The number of hydrogen-bond donors (Lipinski definition) is 2. The predicted octanol–water partition coefficient (Wildman–Crippen LogP) is 2.60. The Balaban J connectivity index is 1.54. The molecule has 0 aliphatic heterocycles. The molecule has 8 heteroatoms. The minimum absolute atomic E-state index is 0.223. The smallest absolute Gasteiger partial charge is 0.375 e. The maximum absolute atomic E-state index is 11.0. The van der Waals surface area contributed by atoms with Gasteiger partial charge in [-0.3, -0.25) is 4.84 Å². The number of nitrogens with one attached hydrogen (secondary N) is 1. The molecule has 2 aromatic carbocycles. The van der Waals surface area contributed by atoms with Crippen molar-refractivity contribution in [3.05, 3.63) is 59.0 Å². The molecule has 0 aliphatic carbocycles. The number of nitrogens with zero attached hydrogens (tertiary/aromatic N) is 1. The van der Waals surface area contributed by atoms with Crippen LogP contribution in [0.4, 0.5) is 0 Å². The van der Waals surface area contributed by atoms with E-state index in [1.54, 1.807) is 36.4 Å². The molecule has 2 aromatic rings. The Hall–Kier alpha value is -3.13. The van der Waals surface area contributed by atoms with E-state index in [-0.39, 0.29) is 12.4 Å². The lowest BCUT2D eigenvalue weighted by atomic mass is 10.1. The first kappa shape index (κ1) is 20.2. The summed E-state index contributed by atoms with van der Waals surface area (Å²) >= 11 is 0. The van der Waals surface area contributed by atoms with Gasteiger partial charge in [-0.25, -0.2) is 4.79 Å². The fourth-order valence-corrected chi connectivity index (χ4v) is 2.25. The van der Waals surface area contributed by atoms with Crippen LogP contribution in [0.2, 0.25) is 0 Å². The molecule has 8 nitrogen and oxygen atoms in total. The van der Waals surface area contributed by atoms with E-state index in [0.29, 0.717) is 12.4 Å². The summed E-state index contributed by atoms with van der Waals surface area (Å²) in [4.78, 5) is 24.6. The maximum Gasteiger partial charge on any atom is 0.375 e. The van der Waals surface area contributed by atoms with Crippen molar-refractivity contribution >= 4 is 5.97 Å². The Labute approximate surface area is 157 Å². The monoisotopic (exact) mass is 374 g/mol. The Morgan fingerprint density at radius 1 is 0.963 bits per heavy atom. The zero-order valence-corrected chi connectivity index (χ0v) is 14.8. The summed E-state index contributed by atoms with van der Waals surface area (Å²) < 4.78 is 10.7. The van der Waals surface area contributed by atoms with Gasteiger partial charge in [-0.2, -0.15) is 0 Å². The van der Waals surface area contributed by atoms with E-state index in [1.807, 2.05) is 17.5 Å². The molecule has 0 spiro atoms. The number of aromatic hydroxyl groups is 1. The largest absolute Gasteiger partial charge is 0.508 e. The van der Waals surface area contributed by atoms with Crippen molar-refractivity contribution < 1.29 is 24.2 Å². The van der Waals surface area contributed by atoms with Gasteiger partial charge in [0.1, 0.15) is 17.2 Å². The van der Waals surface area contributed by atoms with Crippen molar-refractivity contribution in [1.29, 1.82) is 0 Å². The second-order valence-corrected chi connectivity index (χ2v) is 5.67. The van der Waals surface area contributed by atoms with E-state index in [9.17, 15) is 14.8 Å². The summed E-state index contributed by atoms with van der Waals surface area (Å²) in [5.74, 6) is 0.640. The van der Waals surface area contributed by atoms with Crippen LogP contribution in [0.25, 0.3) is 0 Å². The van der Waals surface area contributed by atoms with E-state index < -0.39 is 5.97 Å². The van der Waals surface area contributed by atoms with Gasteiger partial charge in [-0.1, -0.05) is 12.1 Å². The Kier molecular flexibility index (Phi) is 8.58. The third-order valence-electron chi connectivity index (χ3n) is 3.61. The standard InChI is InChI=1S/C19H22N2O6/c22-16-4-8-17(9-5-16)25-13-1-11-20-12-10-15-2-6-18(7-3-15)26-14-19(23)27-21-24/h2-9,20,22H,1,10-14H2. The molecule has 0 heterocycles. The van der Waals surface area contributed by atoms with Gasteiger partial charge in [-0.05, 0) is 67.9 Å². The minimum Gasteiger partial charge on any atom is -0.508 e. The summed E-state index contributed by atoms with van der Waals surface area (Å²) in [6, 6.07) is 14.0. The van der Waals surface area contributed by atoms with Gasteiger partial charge in [0.15, 0.2) is 11.9 Å². The van der Waals surface area contributed by atoms with Gasteiger partial charge < -0.3 is 19.9 Å². The summed E-state index contributed by atoms with van der Waals surface area (Å²) in [5, 5.41) is 14.6. The highest BCUT2D eigenvalue weighted by atomic mass is 16.8. The molecule has 0 saturated carbocycles. The Bertz CT molecular complexity index is 703. The number of phenolic OH excluding ortho intramolecular Hbond substituents is 1. The van der Waals surface area contributed by atoms with Crippen molar-refractivity contribution in [3.8, 4) is 17.2 Å². The van der Waals surface area contributed by atoms with Gasteiger partial charge in [-0.15, -0.1) is 4.91 Å². The van der Waals surface area contributed by atoms with E-state index >= 15 is 0 Å². The van der Waals surface area contributed by atoms with Crippen LogP contribution in [-0.4, -0.2) is 37.4 Å². The molecule has 2 N–H and O–H groups in total. The van der Waals surface area contributed by atoms with Gasteiger partial charge in [0.25, 0.3) is 0 Å². The highest BCUT2D eigenvalue weighted by Crippen LogP contribution is 2.16. The number of carbonyl (C=O) groups excluding carboxylic acids is 1. The molecule has 0 aromatic heterocycles. The van der Waals surface area contributed by atoms with E-state index in [1.165, 1.54) is 0 Å². The first-order valence-corrected chi connectivity index (χ1v) is 8.54. The minimum atomic E-state index is -0.840. The van der Waals surface area contributed by atoms with Crippen molar-refractivity contribution in [1.82, 2.24) is 5.32 Å². The lowest BCUT2D eigenvalue weighted by Gasteiger charge is -2.08. The number of ether oxygens (including phenoxy) is 2. The second-order valence-electron chi connectivity index (χ2n) is 5.67. The zero-order chi connectivity index (χ0) is 19.3. The van der Waals surface area contributed by atoms with Crippen LogP contribution >= 0.6 is 0 Å². The molecule has 2 rings (SSSR count). The average Bonchev–Trinajstić information content (AvgIpc) is 2.68. The molecular weight excluding hydrogens is 352 g/mol. The average molecular weight is 374 g/mol. The molecule has 0 bridgehead atoms. The van der Waals surface area contributed by atoms with Gasteiger partial charge in [0.05, 0.1) is 6.61 Å². The first-order chi connectivity index (χ1) is 13.2. The molecule has 0 atom stereocenters. The fourth-order valence-electron chi connectivity index (χ4n) is 2.25. The molecule has 0 aliphatic rings. The third-order valence-corrected chi connectivity index (χ3v) is 3.61. The van der Waals surface area contributed by atoms with E-state index in [0.717, 1.165) is 37.2 Å². The van der Waals surface area contributed by atoms with Crippen LogP contribution in [-0.2, 0) is 16.1 Å². The van der Waals surface area contributed by atoms with Crippen LogP contribution in [0.3, 0.4) is 0 Å². The van der Waals surface area contributed by atoms with E-state index in [4.69, 9.17) is 9.47 Å². The molecule has 144 valence electrons. The number of carbonyl (C=O) groups is 1. The van der Waals surface area contributed by atoms with Crippen LogP contribution in [0.5, 0.6) is 17.2 Å². The van der Waals surface area contributed by atoms with Crippen molar-refractivity contribution in [2.75, 3.05) is 26.3 Å². The Morgan fingerprint density at radius 3 is 2.33 bits per heavy atom. The zero-order valence-electron chi connectivity index (χ0n) is 14.8. The van der Waals surface area contributed by atoms with Crippen LogP contribution in [0, 0.1) is 4.91 Å². The number of phenols is 1. The summed E-state index contributed by atoms with van der Waals surface area (Å²) in [6.07, 6.45) is 1.73. The highest BCUT2D eigenvalue weighted by molar-refractivity contribution is 5.70. The summed E-state index contributed by atoms with van der Waals surface area (Å²) in [6.45, 7) is 1.91. The normalized spacial score (nSPS) is 10.2. The fraction of sp³-hybridized carbons (Fsp3) is 0.316. The van der Waals surface area contributed by atoms with Gasteiger partial charge >= 0.3 is 5.97 Å². The maximum atomic E-state index is 11.0. The van der Waals surface area contributed by atoms with Crippen LogP contribution in [0.15, 0.2) is 53.9 Å². The summed E-state index contributed by atoms with van der Waals surface area (Å²) in [5.41, 5.74) is 1.13. The highest BCUT2D eigenvalue weighted by Gasteiger charge is 2.04. The lowest BCUT2D eigenvalue weighted by Crippen LogP contribution is -2.20. The summed E-state index contributed by atoms with van der Waals surface area (Å²) in [7, 11) is 0. The van der Waals surface area contributed by atoms with Crippen LogP contribution in [0.1, 0.15) is 12.0 Å². The number of rotatable bonds is 12. The van der Waals surface area contributed by atoms with Crippen molar-refractivity contribution in [2.24, 2.45) is 5.34 Å². The topological polar surface area (TPSA) is 106 Å². The molecule has 0 radical (unpaired) electrons. The second kappa shape index (κ2) is 11.5. The molecule has 0 unspecified atom stereocenters. The quantitative estimate of drug-likeness (QED) is 0.334. The molecule has 27 heavy (non-hydrogen) atoms. The molecule has 0 fully saturated rings. The first-order valence-electron chi connectivity index (χ1n) is 8.54. The van der Waals surface area contributed by atoms with Gasteiger partial charge in [0, 0.05) is 0 Å². The Morgan fingerprint density at radius 2 is 1.63 bits per heavy atom. The molecule has 0 amide bonds. The number of hydrogen-bond acceptors (Lipinski definition) is 8. The lowest BCUT2D eigenvalue weighted by molar-refractivity contribution is -0.146. The van der Waals surface area contributed by atoms with E-state index in [2.05, 4.69) is 10.2 Å². The van der Waals surface area contributed by atoms with Crippen molar-refractivity contribution in [3.63, 3.8) is 0 Å². The predicted molar refractivity (Wildman–Crippen MR) is 98.6 cm³/mol. The van der Waals surface area contributed by atoms with Crippen molar-refractivity contribution in [2.45, 2.75) is 12.8 Å². The number of benzene rings is 2.